The van der Waals surface area contributed by atoms with Crippen molar-refractivity contribution in [3.63, 3.8) is 0 Å². The molecule has 0 fully saturated rings. The minimum absolute atomic E-state index is 0.149. The van der Waals surface area contributed by atoms with Gasteiger partial charge >= 0.3 is 0 Å². The Morgan fingerprint density at radius 2 is 2.45 bits per heavy atom. The largest absolute Gasteiger partial charge is 0.492 e. The van der Waals surface area contributed by atoms with Crippen LogP contribution in [0.5, 0.6) is 5.75 Å². The summed E-state index contributed by atoms with van der Waals surface area (Å²) in [5, 5.41) is 9.49. The molecule has 6 nitrogen and oxygen atoms in total. The third kappa shape index (κ3) is 2.87. The van der Waals surface area contributed by atoms with Crippen LogP contribution < -0.4 is 10.1 Å². The van der Waals surface area contributed by atoms with E-state index in [1.165, 1.54) is 12.1 Å². The van der Waals surface area contributed by atoms with Crippen LogP contribution >= 0.6 is 12.2 Å². The molecule has 0 saturated heterocycles. The Labute approximate surface area is 131 Å². The van der Waals surface area contributed by atoms with E-state index in [9.17, 15) is 9.18 Å². The molecule has 0 bridgehead atoms. The molecule has 116 valence electrons. The molecule has 2 N–H and O–H groups in total. The molecule has 1 aromatic heterocycles. The predicted molar refractivity (Wildman–Crippen MR) is 79.3 cm³/mol. The number of aromatic amines is 1. The van der Waals surface area contributed by atoms with E-state index in [2.05, 4.69) is 15.5 Å². The highest BCUT2D eigenvalue weighted by Gasteiger charge is 2.26. The lowest BCUT2D eigenvalue weighted by molar-refractivity contribution is -0.126. The Bertz CT molecular complexity index is 770. The van der Waals surface area contributed by atoms with Crippen molar-refractivity contribution in [2.24, 2.45) is 13.0 Å². The highest BCUT2D eigenvalue weighted by molar-refractivity contribution is 7.71. The summed E-state index contributed by atoms with van der Waals surface area (Å²) >= 11 is 5.01. The topological polar surface area (TPSA) is 71.9 Å². The Hall–Kier alpha value is -2.22. The Kier molecular flexibility index (Phi) is 3.93. The number of nitrogens with zero attached hydrogens (tertiary/aromatic N) is 2. The van der Waals surface area contributed by atoms with Crippen molar-refractivity contribution in [2.75, 3.05) is 6.61 Å². The van der Waals surface area contributed by atoms with E-state index in [0.29, 0.717) is 28.3 Å². The van der Waals surface area contributed by atoms with Crippen LogP contribution in [0.2, 0.25) is 0 Å². The molecular weight excluding hydrogens is 307 g/mol. The predicted octanol–water partition coefficient (Wildman–Crippen LogP) is 1.48. The van der Waals surface area contributed by atoms with Crippen LogP contribution in [0, 0.1) is 16.5 Å². The molecule has 8 heteroatoms. The van der Waals surface area contributed by atoms with Gasteiger partial charge in [0.15, 0.2) is 10.6 Å². The number of halogens is 1. The number of benzene rings is 1. The standard InChI is InChI=1S/C14H15FN4O2S/c1-19-12(17-18-14(19)22)6-16-13(20)9-4-8-5-10(15)2-3-11(8)21-7-9/h2-3,5,9H,4,6-7H2,1H3,(H,16,20)(H,18,22)/t9-/m0/s1. The molecule has 2 heterocycles. The summed E-state index contributed by atoms with van der Waals surface area (Å²) in [5.74, 6) is 0.455. The van der Waals surface area contributed by atoms with Crippen molar-refractivity contribution in [3.05, 3.63) is 40.2 Å². The van der Waals surface area contributed by atoms with E-state index in [4.69, 9.17) is 17.0 Å². The fourth-order valence-electron chi connectivity index (χ4n) is 2.38. The zero-order chi connectivity index (χ0) is 15.7. The van der Waals surface area contributed by atoms with Gasteiger partial charge in [0.05, 0.1) is 12.5 Å². The number of hydrogen-bond acceptors (Lipinski definition) is 4. The quantitative estimate of drug-likeness (QED) is 0.840. The average molecular weight is 322 g/mol. The fourth-order valence-corrected chi connectivity index (χ4v) is 2.53. The molecule has 0 spiro atoms. The van der Waals surface area contributed by atoms with Crippen LogP contribution in [-0.2, 0) is 24.8 Å². The molecule has 0 saturated carbocycles. The van der Waals surface area contributed by atoms with Gasteiger partial charge in [0.1, 0.15) is 18.2 Å². The summed E-state index contributed by atoms with van der Waals surface area (Å²) in [4.78, 5) is 12.2. The summed E-state index contributed by atoms with van der Waals surface area (Å²) < 4.78 is 21.0. The van der Waals surface area contributed by atoms with Gasteiger partial charge in [-0.1, -0.05) is 0 Å². The number of rotatable bonds is 3. The number of fused-ring (bicyclic) bond motifs is 1. The van der Waals surface area contributed by atoms with Crippen LogP contribution in [0.4, 0.5) is 4.39 Å². The Morgan fingerprint density at radius 1 is 1.64 bits per heavy atom. The van der Waals surface area contributed by atoms with Gasteiger partial charge < -0.3 is 14.6 Å². The number of aromatic nitrogens is 3. The van der Waals surface area contributed by atoms with Crippen molar-refractivity contribution in [2.45, 2.75) is 13.0 Å². The molecule has 1 aliphatic heterocycles. The first-order chi connectivity index (χ1) is 10.5. The molecule has 2 aromatic rings. The van der Waals surface area contributed by atoms with Crippen LogP contribution in [0.1, 0.15) is 11.4 Å². The van der Waals surface area contributed by atoms with E-state index >= 15 is 0 Å². The fraction of sp³-hybridized carbons (Fsp3) is 0.357. The van der Waals surface area contributed by atoms with E-state index in [1.54, 1.807) is 17.7 Å². The molecule has 0 unspecified atom stereocenters. The molecule has 22 heavy (non-hydrogen) atoms. The van der Waals surface area contributed by atoms with E-state index < -0.39 is 0 Å². The molecule has 1 amide bonds. The first-order valence-electron chi connectivity index (χ1n) is 6.84. The Balaban J connectivity index is 1.64. The van der Waals surface area contributed by atoms with Crippen molar-refractivity contribution in [1.82, 2.24) is 20.1 Å². The number of nitrogens with one attached hydrogen (secondary N) is 2. The SMILES string of the molecule is Cn1c(CNC(=O)[C@@H]2COc3ccc(F)cc3C2)n[nH]c1=S. The number of H-pyrrole nitrogens is 1. The maximum absolute atomic E-state index is 13.3. The molecular formula is C14H15FN4O2S. The van der Waals surface area contributed by atoms with Gasteiger partial charge in [0, 0.05) is 7.05 Å². The van der Waals surface area contributed by atoms with Crippen LogP contribution in [0.25, 0.3) is 0 Å². The molecule has 1 atom stereocenters. The molecule has 0 radical (unpaired) electrons. The molecule has 3 rings (SSSR count). The molecule has 0 aliphatic carbocycles. The number of carbonyl (C=O) groups excluding carboxylic acids is 1. The first kappa shape index (κ1) is 14.7. The van der Waals surface area contributed by atoms with Crippen LogP contribution in [-0.4, -0.2) is 27.3 Å². The lowest BCUT2D eigenvalue weighted by Gasteiger charge is -2.24. The van der Waals surface area contributed by atoms with Gasteiger partial charge in [0.2, 0.25) is 5.91 Å². The summed E-state index contributed by atoms with van der Waals surface area (Å²) in [6.07, 6.45) is 0.456. The average Bonchev–Trinajstić information content (AvgIpc) is 2.83. The van der Waals surface area contributed by atoms with Gasteiger partial charge in [-0.05, 0) is 42.4 Å². The van der Waals surface area contributed by atoms with Gasteiger partial charge in [0.25, 0.3) is 0 Å². The van der Waals surface area contributed by atoms with Crippen molar-refractivity contribution >= 4 is 18.1 Å². The van der Waals surface area contributed by atoms with Gasteiger partial charge in [-0.2, -0.15) is 5.10 Å². The van der Waals surface area contributed by atoms with E-state index in [1.807, 2.05) is 0 Å². The van der Waals surface area contributed by atoms with Crippen LogP contribution in [0.15, 0.2) is 18.2 Å². The summed E-state index contributed by atoms with van der Waals surface area (Å²) in [5.41, 5.74) is 0.713. The van der Waals surface area contributed by atoms with Crippen molar-refractivity contribution in [1.29, 1.82) is 0 Å². The minimum Gasteiger partial charge on any atom is -0.492 e. The first-order valence-corrected chi connectivity index (χ1v) is 7.24. The second kappa shape index (κ2) is 5.88. The van der Waals surface area contributed by atoms with Crippen molar-refractivity contribution < 1.29 is 13.9 Å². The monoisotopic (exact) mass is 322 g/mol. The van der Waals surface area contributed by atoms with Crippen molar-refractivity contribution in [3.8, 4) is 5.75 Å². The third-order valence-electron chi connectivity index (χ3n) is 3.69. The minimum atomic E-state index is -0.346. The van der Waals surface area contributed by atoms with E-state index in [-0.39, 0.29) is 30.8 Å². The molecule has 1 aromatic carbocycles. The summed E-state index contributed by atoms with van der Waals surface area (Å²) in [7, 11) is 1.77. The number of hydrogen-bond donors (Lipinski definition) is 2. The lowest BCUT2D eigenvalue weighted by atomic mass is 9.96. The second-order valence-corrected chi connectivity index (χ2v) is 5.57. The zero-order valence-electron chi connectivity index (χ0n) is 11.9. The number of amides is 1. The highest BCUT2D eigenvalue weighted by atomic mass is 32.1. The number of carbonyl (C=O) groups is 1. The summed E-state index contributed by atoms with van der Waals surface area (Å²) in [6.45, 7) is 0.554. The summed E-state index contributed by atoms with van der Waals surface area (Å²) in [6, 6.07) is 4.35. The van der Waals surface area contributed by atoms with Gasteiger partial charge in [-0.15, -0.1) is 0 Å². The zero-order valence-corrected chi connectivity index (χ0v) is 12.7. The van der Waals surface area contributed by atoms with E-state index in [0.717, 1.165) is 0 Å². The second-order valence-electron chi connectivity index (χ2n) is 5.19. The highest BCUT2D eigenvalue weighted by Crippen LogP contribution is 2.27. The lowest BCUT2D eigenvalue weighted by Crippen LogP contribution is -2.37. The van der Waals surface area contributed by atoms with Gasteiger partial charge in [-0.3, -0.25) is 9.89 Å². The third-order valence-corrected chi connectivity index (χ3v) is 4.06. The number of ether oxygens (including phenoxy) is 1. The maximum Gasteiger partial charge on any atom is 0.227 e. The van der Waals surface area contributed by atoms with Crippen LogP contribution in [0.3, 0.4) is 0 Å². The van der Waals surface area contributed by atoms with Gasteiger partial charge in [-0.25, -0.2) is 4.39 Å². The maximum atomic E-state index is 13.3. The smallest absolute Gasteiger partial charge is 0.227 e. The normalized spacial score (nSPS) is 16.7. The Morgan fingerprint density at radius 3 is 3.18 bits per heavy atom. The molecule has 1 aliphatic rings.